The number of hydrogen-bond acceptors (Lipinski definition) is 1. The molecule has 2 nitrogen and oxygen atoms in total. The van der Waals surface area contributed by atoms with Crippen LogP contribution in [0.2, 0.25) is 0 Å². The summed E-state index contributed by atoms with van der Waals surface area (Å²) in [5, 5.41) is 3.42. The number of benzene rings is 1. The van der Waals surface area contributed by atoms with Crippen LogP contribution in [0.1, 0.15) is 16.7 Å². The maximum atomic E-state index is 3.42. The number of aryl methyl sites for hydroxylation is 2. The number of rotatable bonds is 3. The maximum absolute atomic E-state index is 3.42. The molecule has 0 saturated carbocycles. The zero-order valence-electron chi connectivity index (χ0n) is 9.75. The quantitative estimate of drug-likeness (QED) is 0.833. The molecule has 2 heteroatoms. The van der Waals surface area contributed by atoms with Crippen LogP contribution >= 0.6 is 0 Å². The molecule has 0 aliphatic rings. The van der Waals surface area contributed by atoms with Gasteiger partial charge in [0, 0.05) is 24.4 Å². The average Bonchev–Trinajstić information content (AvgIpc) is 2.32. The highest BCUT2D eigenvalue weighted by Gasteiger charge is 1.97. The van der Waals surface area contributed by atoms with Crippen molar-refractivity contribution in [2.45, 2.75) is 20.4 Å². The molecule has 0 bridgehead atoms. The van der Waals surface area contributed by atoms with Crippen molar-refractivity contribution in [1.82, 2.24) is 0 Å². The van der Waals surface area contributed by atoms with Crippen molar-refractivity contribution >= 4 is 5.69 Å². The van der Waals surface area contributed by atoms with Crippen molar-refractivity contribution < 1.29 is 4.98 Å². The second-order valence-electron chi connectivity index (χ2n) is 4.06. The van der Waals surface area contributed by atoms with E-state index in [4.69, 9.17) is 0 Å². The first-order chi connectivity index (χ1) is 7.75. The summed E-state index contributed by atoms with van der Waals surface area (Å²) >= 11 is 0. The lowest BCUT2D eigenvalue weighted by Crippen LogP contribution is -2.03. The smallest absolute Gasteiger partial charge is 0.167 e. The normalized spacial score (nSPS) is 10.1. The van der Waals surface area contributed by atoms with Crippen LogP contribution in [-0.2, 0) is 6.54 Å². The summed E-state index contributed by atoms with van der Waals surface area (Å²) in [6.45, 7) is 5.13. The van der Waals surface area contributed by atoms with Gasteiger partial charge in [-0.3, -0.25) is 0 Å². The maximum Gasteiger partial charge on any atom is 0.167 e. The predicted molar refractivity (Wildman–Crippen MR) is 66.2 cm³/mol. The molecule has 1 aromatic heterocycles. The first kappa shape index (κ1) is 10.7. The molecule has 2 N–H and O–H groups in total. The Hall–Kier alpha value is -1.83. The van der Waals surface area contributed by atoms with Gasteiger partial charge in [0.15, 0.2) is 12.4 Å². The summed E-state index contributed by atoms with van der Waals surface area (Å²) in [4.78, 5) is 3.02. The summed E-state index contributed by atoms with van der Waals surface area (Å²) in [5.74, 6) is 0. The topological polar surface area (TPSA) is 26.2 Å². The summed E-state index contributed by atoms with van der Waals surface area (Å²) in [6, 6.07) is 10.6. The molecule has 0 saturated heterocycles. The van der Waals surface area contributed by atoms with E-state index < -0.39 is 0 Å². The Labute approximate surface area is 96.4 Å². The molecule has 0 unspecified atom stereocenters. The Morgan fingerprint density at radius 2 is 1.75 bits per heavy atom. The molecule has 0 amide bonds. The minimum Gasteiger partial charge on any atom is -0.381 e. The van der Waals surface area contributed by atoms with Gasteiger partial charge in [0.2, 0.25) is 0 Å². The number of anilines is 1. The van der Waals surface area contributed by atoms with Crippen molar-refractivity contribution in [2.75, 3.05) is 5.32 Å². The third kappa shape index (κ3) is 2.60. The standard InChI is InChI=1S/C14H16N2/c1-11-3-4-14(9-12(11)2)16-10-13-5-7-15-8-6-13/h3-9,16H,10H2,1-2H3/p+1. The van der Waals surface area contributed by atoms with Gasteiger partial charge in [0.1, 0.15) is 0 Å². The van der Waals surface area contributed by atoms with Crippen molar-refractivity contribution in [2.24, 2.45) is 0 Å². The zero-order valence-corrected chi connectivity index (χ0v) is 9.75. The molecule has 0 aliphatic carbocycles. The largest absolute Gasteiger partial charge is 0.381 e. The number of aromatic amines is 1. The van der Waals surface area contributed by atoms with Gasteiger partial charge in [-0.2, -0.15) is 0 Å². The molecule has 2 rings (SSSR count). The number of H-pyrrole nitrogens is 1. The lowest BCUT2D eigenvalue weighted by molar-refractivity contribution is -0.378. The van der Waals surface area contributed by atoms with E-state index in [1.165, 1.54) is 22.4 Å². The van der Waals surface area contributed by atoms with E-state index in [2.05, 4.69) is 54.5 Å². The first-order valence-corrected chi connectivity index (χ1v) is 5.52. The van der Waals surface area contributed by atoms with E-state index >= 15 is 0 Å². The van der Waals surface area contributed by atoms with Crippen LogP contribution in [0.15, 0.2) is 42.7 Å². The molecular formula is C14H17N2+. The second-order valence-corrected chi connectivity index (χ2v) is 4.06. The third-order valence-corrected chi connectivity index (χ3v) is 2.79. The number of aromatic nitrogens is 1. The van der Waals surface area contributed by atoms with Crippen LogP contribution in [0.5, 0.6) is 0 Å². The van der Waals surface area contributed by atoms with Crippen LogP contribution in [0.4, 0.5) is 5.69 Å². The number of nitrogens with one attached hydrogen (secondary N) is 2. The van der Waals surface area contributed by atoms with Gasteiger partial charge < -0.3 is 5.32 Å². The van der Waals surface area contributed by atoms with E-state index in [0.29, 0.717) is 0 Å². The second kappa shape index (κ2) is 4.79. The van der Waals surface area contributed by atoms with Crippen LogP contribution in [-0.4, -0.2) is 0 Å². The SMILES string of the molecule is Cc1ccc(NCc2cc[nH+]cc2)cc1C. The number of hydrogen-bond donors (Lipinski definition) is 1. The fourth-order valence-electron chi connectivity index (χ4n) is 1.59. The molecule has 0 radical (unpaired) electrons. The molecule has 0 fully saturated rings. The van der Waals surface area contributed by atoms with E-state index in [1.807, 2.05) is 12.4 Å². The Balaban J connectivity index is 2.03. The Morgan fingerprint density at radius 3 is 2.44 bits per heavy atom. The van der Waals surface area contributed by atoms with E-state index in [9.17, 15) is 0 Å². The lowest BCUT2D eigenvalue weighted by atomic mass is 10.1. The fraction of sp³-hybridized carbons (Fsp3) is 0.214. The Morgan fingerprint density at radius 1 is 1.00 bits per heavy atom. The van der Waals surface area contributed by atoms with E-state index in [-0.39, 0.29) is 0 Å². The zero-order chi connectivity index (χ0) is 11.4. The predicted octanol–water partition coefficient (Wildman–Crippen LogP) is 2.73. The minimum atomic E-state index is 0.858. The minimum absolute atomic E-state index is 0.858. The lowest BCUT2D eigenvalue weighted by Gasteiger charge is -2.08. The van der Waals surface area contributed by atoms with Gasteiger partial charge in [0.05, 0.1) is 0 Å². The molecule has 0 atom stereocenters. The highest BCUT2D eigenvalue weighted by Crippen LogP contribution is 2.14. The van der Waals surface area contributed by atoms with Crippen LogP contribution in [0, 0.1) is 13.8 Å². The molecule has 1 heterocycles. The van der Waals surface area contributed by atoms with Crippen molar-refractivity contribution in [3.63, 3.8) is 0 Å². The Bertz CT molecular complexity index is 463. The highest BCUT2D eigenvalue weighted by molar-refractivity contribution is 5.48. The molecular weight excluding hydrogens is 196 g/mol. The summed E-state index contributed by atoms with van der Waals surface area (Å²) < 4.78 is 0. The molecule has 0 spiro atoms. The number of pyridine rings is 1. The monoisotopic (exact) mass is 213 g/mol. The molecule has 2 aromatic rings. The van der Waals surface area contributed by atoms with Crippen molar-refractivity contribution in [3.8, 4) is 0 Å². The molecule has 82 valence electrons. The Kier molecular flexibility index (Phi) is 3.20. The van der Waals surface area contributed by atoms with Crippen LogP contribution in [0.25, 0.3) is 0 Å². The first-order valence-electron chi connectivity index (χ1n) is 5.52. The van der Waals surface area contributed by atoms with Gasteiger partial charge in [-0.25, -0.2) is 4.98 Å². The third-order valence-electron chi connectivity index (χ3n) is 2.79. The van der Waals surface area contributed by atoms with Crippen LogP contribution < -0.4 is 10.3 Å². The van der Waals surface area contributed by atoms with E-state index in [0.717, 1.165) is 6.54 Å². The highest BCUT2D eigenvalue weighted by atomic mass is 14.9. The van der Waals surface area contributed by atoms with Crippen LogP contribution in [0.3, 0.4) is 0 Å². The van der Waals surface area contributed by atoms with Crippen molar-refractivity contribution in [3.05, 3.63) is 59.4 Å². The van der Waals surface area contributed by atoms with Gasteiger partial charge in [-0.05, 0) is 42.7 Å². The summed E-state index contributed by atoms with van der Waals surface area (Å²) in [6.07, 6.45) is 3.88. The van der Waals surface area contributed by atoms with Gasteiger partial charge in [-0.1, -0.05) is 6.07 Å². The average molecular weight is 213 g/mol. The molecule has 16 heavy (non-hydrogen) atoms. The van der Waals surface area contributed by atoms with Crippen molar-refractivity contribution in [1.29, 1.82) is 0 Å². The van der Waals surface area contributed by atoms with Gasteiger partial charge >= 0.3 is 0 Å². The van der Waals surface area contributed by atoms with Gasteiger partial charge in [-0.15, -0.1) is 0 Å². The molecule has 1 aromatic carbocycles. The summed E-state index contributed by atoms with van der Waals surface area (Å²) in [5.41, 5.74) is 5.11. The van der Waals surface area contributed by atoms with Gasteiger partial charge in [0.25, 0.3) is 0 Å². The molecule has 0 aliphatic heterocycles. The fourth-order valence-corrected chi connectivity index (χ4v) is 1.59. The van der Waals surface area contributed by atoms with E-state index in [1.54, 1.807) is 0 Å². The summed E-state index contributed by atoms with van der Waals surface area (Å²) in [7, 11) is 0.